The first-order valence-electron chi connectivity index (χ1n) is 6.17. The molecule has 0 bridgehead atoms. The Hall–Kier alpha value is -0.360. The van der Waals surface area contributed by atoms with E-state index in [4.69, 9.17) is 9.47 Å². The average molecular weight is 393 g/mol. The zero-order chi connectivity index (χ0) is 14.1. The molecule has 0 aliphatic rings. The lowest BCUT2D eigenvalue weighted by atomic mass is 10.2. The number of ether oxygens (including phenoxy) is 2. The summed E-state index contributed by atoms with van der Waals surface area (Å²) in [6.07, 6.45) is 4.16. The van der Waals surface area contributed by atoms with Crippen molar-refractivity contribution in [2.45, 2.75) is 6.92 Å². The van der Waals surface area contributed by atoms with Crippen molar-refractivity contribution in [1.29, 1.82) is 0 Å². The van der Waals surface area contributed by atoms with Crippen molar-refractivity contribution < 1.29 is 9.47 Å². The Bertz CT molecular complexity index is 399. The van der Waals surface area contributed by atoms with Crippen molar-refractivity contribution in [3.05, 3.63) is 32.7 Å². The fourth-order valence-electron chi connectivity index (χ4n) is 1.51. The summed E-state index contributed by atoms with van der Waals surface area (Å²) in [5, 5.41) is 3.26. The molecule has 0 unspecified atom stereocenters. The van der Waals surface area contributed by atoms with Crippen molar-refractivity contribution >= 4 is 37.9 Å². The minimum absolute atomic E-state index is 0.649. The predicted molar refractivity (Wildman–Crippen MR) is 86.8 cm³/mol. The van der Waals surface area contributed by atoms with Gasteiger partial charge in [0.2, 0.25) is 0 Å². The molecule has 0 heterocycles. The molecule has 0 radical (unpaired) electrons. The molecule has 1 aromatic rings. The molecule has 0 amide bonds. The third-order valence-corrected chi connectivity index (χ3v) is 3.54. The zero-order valence-corrected chi connectivity index (χ0v) is 14.4. The standard InChI is InChI=1S/C14H19Br2NO2/c1-3-19-14-12(15)9-11(10-13(14)16)5-4-6-17-7-8-18-2/h4-5,9-10,17H,3,6-8H2,1-2H3. The Morgan fingerprint density at radius 2 is 1.95 bits per heavy atom. The van der Waals surface area contributed by atoms with Crippen LogP contribution in [-0.4, -0.2) is 33.4 Å². The molecule has 1 N–H and O–H groups in total. The first kappa shape index (κ1) is 16.7. The predicted octanol–water partition coefficient (Wildman–Crippen LogP) is 3.86. The second-order valence-electron chi connectivity index (χ2n) is 3.85. The highest BCUT2D eigenvalue weighted by molar-refractivity contribution is 9.11. The van der Waals surface area contributed by atoms with E-state index in [0.717, 1.165) is 40.0 Å². The molecular formula is C14H19Br2NO2. The largest absolute Gasteiger partial charge is 0.492 e. The number of methoxy groups -OCH3 is 1. The SMILES string of the molecule is CCOc1c(Br)cc(C=CCNCCOC)cc1Br. The Morgan fingerprint density at radius 3 is 2.53 bits per heavy atom. The van der Waals surface area contributed by atoms with Gasteiger partial charge in [-0.3, -0.25) is 0 Å². The van der Waals surface area contributed by atoms with Gasteiger partial charge in [0.25, 0.3) is 0 Å². The van der Waals surface area contributed by atoms with Crippen molar-refractivity contribution in [2.24, 2.45) is 0 Å². The summed E-state index contributed by atoms with van der Waals surface area (Å²) in [5.74, 6) is 0.845. The van der Waals surface area contributed by atoms with E-state index in [2.05, 4.69) is 49.3 Å². The summed E-state index contributed by atoms with van der Waals surface area (Å²) < 4.78 is 12.4. The number of hydrogen-bond donors (Lipinski definition) is 1. The molecule has 0 saturated heterocycles. The van der Waals surface area contributed by atoms with E-state index in [9.17, 15) is 0 Å². The summed E-state index contributed by atoms with van der Waals surface area (Å²) >= 11 is 7.04. The van der Waals surface area contributed by atoms with Gasteiger partial charge in [-0.1, -0.05) is 12.2 Å². The van der Waals surface area contributed by atoms with Crippen LogP contribution in [0.4, 0.5) is 0 Å². The lowest BCUT2D eigenvalue weighted by Crippen LogP contribution is -2.18. The second-order valence-corrected chi connectivity index (χ2v) is 5.55. The molecule has 0 atom stereocenters. The van der Waals surface area contributed by atoms with E-state index in [1.54, 1.807) is 7.11 Å². The van der Waals surface area contributed by atoms with Gasteiger partial charge in [-0.25, -0.2) is 0 Å². The molecule has 106 valence electrons. The number of rotatable bonds is 8. The van der Waals surface area contributed by atoms with Crippen molar-refractivity contribution in [3.63, 3.8) is 0 Å². The van der Waals surface area contributed by atoms with Crippen molar-refractivity contribution in [2.75, 3.05) is 33.4 Å². The third-order valence-electron chi connectivity index (χ3n) is 2.36. The van der Waals surface area contributed by atoms with Gasteiger partial charge in [-0.2, -0.15) is 0 Å². The maximum absolute atomic E-state index is 5.55. The number of nitrogens with one attached hydrogen (secondary N) is 1. The van der Waals surface area contributed by atoms with Gasteiger partial charge in [0, 0.05) is 20.2 Å². The van der Waals surface area contributed by atoms with E-state index >= 15 is 0 Å². The first-order valence-corrected chi connectivity index (χ1v) is 7.75. The monoisotopic (exact) mass is 391 g/mol. The van der Waals surface area contributed by atoms with Gasteiger partial charge in [0.1, 0.15) is 5.75 Å². The molecule has 5 heteroatoms. The molecule has 1 rings (SSSR count). The van der Waals surface area contributed by atoms with Crippen LogP contribution in [-0.2, 0) is 4.74 Å². The molecule has 0 aliphatic carbocycles. The normalized spacial score (nSPS) is 11.2. The van der Waals surface area contributed by atoms with Crippen LogP contribution in [0.5, 0.6) is 5.75 Å². The van der Waals surface area contributed by atoms with E-state index in [-0.39, 0.29) is 0 Å². The summed E-state index contributed by atoms with van der Waals surface area (Å²) in [4.78, 5) is 0. The molecule has 0 aromatic heterocycles. The average Bonchev–Trinajstić information content (AvgIpc) is 2.38. The van der Waals surface area contributed by atoms with Crippen LogP contribution in [0.25, 0.3) is 6.08 Å². The third kappa shape index (κ3) is 6.08. The van der Waals surface area contributed by atoms with Crippen LogP contribution in [0.15, 0.2) is 27.2 Å². The van der Waals surface area contributed by atoms with Gasteiger partial charge >= 0.3 is 0 Å². The Balaban J connectivity index is 2.57. The summed E-state index contributed by atoms with van der Waals surface area (Å²) in [7, 11) is 1.70. The Labute approximate surface area is 131 Å². The summed E-state index contributed by atoms with van der Waals surface area (Å²) in [6, 6.07) is 4.09. The smallest absolute Gasteiger partial charge is 0.147 e. The first-order chi connectivity index (χ1) is 9.19. The molecular weight excluding hydrogens is 374 g/mol. The van der Waals surface area contributed by atoms with Gasteiger partial charge in [0.05, 0.1) is 22.2 Å². The second kappa shape index (κ2) is 9.53. The van der Waals surface area contributed by atoms with E-state index in [1.165, 1.54) is 0 Å². The maximum atomic E-state index is 5.55. The number of halogens is 2. The van der Waals surface area contributed by atoms with E-state index in [0.29, 0.717) is 6.61 Å². The van der Waals surface area contributed by atoms with Gasteiger partial charge in [-0.15, -0.1) is 0 Å². The number of benzene rings is 1. The van der Waals surface area contributed by atoms with Crippen LogP contribution in [0.1, 0.15) is 12.5 Å². The fourth-order valence-corrected chi connectivity index (χ4v) is 2.96. The molecule has 19 heavy (non-hydrogen) atoms. The molecule has 3 nitrogen and oxygen atoms in total. The van der Waals surface area contributed by atoms with Crippen molar-refractivity contribution in [3.8, 4) is 5.75 Å². The summed E-state index contributed by atoms with van der Waals surface area (Å²) in [6.45, 7) is 5.03. The van der Waals surface area contributed by atoms with Crippen LogP contribution < -0.4 is 10.1 Å². The molecule has 0 aliphatic heterocycles. The van der Waals surface area contributed by atoms with Crippen molar-refractivity contribution in [1.82, 2.24) is 5.32 Å². The number of hydrogen-bond acceptors (Lipinski definition) is 3. The van der Waals surface area contributed by atoms with Gasteiger partial charge in [0.15, 0.2) is 0 Å². The van der Waals surface area contributed by atoms with E-state index < -0.39 is 0 Å². The minimum atomic E-state index is 0.649. The highest BCUT2D eigenvalue weighted by atomic mass is 79.9. The molecule has 0 spiro atoms. The van der Waals surface area contributed by atoms with Gasteiger partial charge in [-0.05, 0) is 56.5 Å². The molecule has 0 fully saturated rings. The highest BCUT2D eigenvalue weighted by Gasteiger charge is 2.06. The quantitative estimate of drug-likeness (QED) is 0.681. The minimum Gasteiger partial charge on any atom is -0.492 e. The maximum Gasteiger partial charge on any atom is 0.147 e. The lowest BCUT2D eigenvalue weighted by Gasteiger charge is -2.09. The van der Waals surface area contributed by atoms with E-state index in [1.807, 2.05) is 19.1 Å². The highest BCUT2D eigenvalue weighted by Crippen LogP contribution is 2.35. The molecule has 0 saturated carbocycles. The van der Waals surface area contributed by atoms with Crippen LogP contribution in [0, 0.1) is 0 Å². The molecule has 1 aromatic carbocycles. The fraction of sp³-hybridized carbons (Fsp3) is 0.429. The lowest BCUT2D eigenvalue weighted by molar-refractivity contribution is 0.200. The van der Waals surface area contributed by atoms with Crippen LogP contribution >= 0.6 is 31.9 Å². The van der Waals surface area contributed by atoms with Crippen LogP contribution in [0.2, 0.25) is 0 Å². The topological polar surface area (TPSA) is 30.5 Å². The zero-order valence-electron chi connectivity index (χ0n) is 11.2. The van der Waals surface area contributed by atoms with Gasteiger partial charge < -0.3 is 14.8 Å². The Kier molecular flexibility index (Phi) is 8.37. The summed E-state index contributed by atoms with van der Waals surface area (Å²) in [5.41, 5.74) is 1.12. The van der Waals surface area contributed by atoms with Crippen LogP contribution in [0.3, 0.4) is 0 Å². The Morgan fingerprint density at radius 1 is 1.26 bits per heavy atom.